The number of carbonyl (C=O) groups excluding carboxylic acids is 1. The minimum Gasteiger partial charge on any atom is -0.494 e. The molecule has 142 valence electrons. The summed E-state index contributed by atoms with van der Waals surface area (Å²) < 4.78 is 71.2. The molecule has 0 amide bonds. The second-order valence-corrected chi connectivity index (χ2v) is 6.61. The number of esters is 1. The summed E-state index contributed by atoms with van der Waals surface area (Å²) >= 11 is 0. The first-order valence-electron chi connectivity index (χ1n) is 7.44. The van der Waals surface area contributed by atoms with Crippen LogP contribution < -0.4 is 4.74 Å². The first-order valence-corrected chi connectivity index (χ1v) is 8.85. The molecular formula is C15H19F3O6S. The maximum Gasteiger partial charge on any atom is 0.523 e. The van der Waals surface area contributed by atoms with Crippen LogP contribution >= 0.6 is 0 Å². The van der Waals surface area contributed by atoms with E-state index < -0.39 is 28.2 Å². The van der Waals surface area contributed by atoms with Crippen LogP contribution in [0, 0.1) is 0 Å². The Hall–Kier alpha value is -1.81. The Labute approximate surface area is 144 Å². The zero-order valence-corrected chi connectivity index (χ0v) is 14.4. The van der Waals surface area contributed by atoms with E-state index in [-0.39, 0.29) is 6.42 Å². The Morgan fingerprint density at radius 3 is 2.08 bits per heavy atom. The van der Waals surface area contributed by atoms with Crippen LogP contribution in [-0.2, 0) is 19.0 Å². The molecule has 0 saturated heterocycles. The summed E-state index contributed by atoms with van der Waals surface area (Å²) in [6.07, 6.45) is 2.00. The van der Waals surface area contributed by atoms with Crippen molar-refractivity contribution in [2.24, 2.45) is 0 Å². The normalized spacial score (nSPS) is 12.0. The Balaban J connectivity index is 2.14. The second kappa shape index (κ2) is 9.62. The molecule has 0 aliphatic heterocycles. The number of rotatable bonds is 10. The Morgan fingerprint density at radius 2 is 1.56 bits per heavy atom. The van der Waals surface area contributed by atoms with Crippen molar-refractivity contribution in [3.63, 3.8) is 0 Å². The molecule has 0 N–H and O–H groups in total. The molecular weight excluding hydrogens is 365 g/mol. The molecule has 1 aromatic rings. The van der Waals surface area contributed by atoms with E-state index in [1.54, 1.807) is 24.3 Å². The fourth-order valence-corrected chi connectivity index (χ4v) is 2.26. The lowest BCUT2D eigenvalue weighted by Crippen LogP contribution is -2.25. The molecule has 10 heteroatoms. The topological polar surface area (TPSA) is 78.9 Å². The van der Waals surface area contributed by atoms with Crippen LogP contribution in [-0.4, -0.2) is 40.2 Å². The van der Waals surface area contributed by atoms with Gasteiger partial charge in [-0.15, -0.1) is 0 Å². The number of hydrogen-bond donors (Lipinski definition) is 0. The smallest absolute Gasteiger partial charge is 0.494 e. The van der Waals surface area contributed by atoms with Crippen molar-refractivity contribution in [3.05, 3.63) is 29.8 Å². The van der Waals surface area contributed by atoms with Crippen molar-refractivity contribution in [1.29, 1.82) is 0 Å². The lowest BCUT2D eigenvalue weighted by Gasteiger charge is -2.08. The van der Waals surface area contributed by atoms with Crippen LogP contribution in [0.25, 0.3) is 0 Å². The van der Waals surface area contributed by atoms with Crippen LogP contribution in [0.1, 0.15) is 36.0 Å². The molecule has 0 radical (unpaired) electrons. The van der Waals surface area contributed by atoms with Gasteiger partial charge in [0.2, 0.25) is 0 Å². The lowest BCUT2D eigenvalue weighted by molar-refractivity contribution is -0.0542. The van der Waals surface area contributed by atoms with Gasteiger partial charge >= 0.3 is 21.6 Å². The predicted octanol–water partition coefficient (Wildman–Crippen LogP) is 3.28. The molecule has 0 bridgehead atoms. The van der Waals surface area contributed by atoms with E-state index in [9.17, 15) is 26.4 Å². The predicted molar refractivity (Wildman–Crippen MR) is 82.7 cm³/mol. The molecule has 0 saturated carbocycles. The summed E-state index contributed by atoms with van der Waals surface area (Å²) in [4.78, 5) is 11.3. The zero-order chi connectivity index (χ0) is 18.9. The highest BCUT2D eigenvalue weighted by Crippen LogP contribution is 2.24. The molecule has 0 heterocycles. The van der Waals surface area contributed by atoms with Gasteiger partial charge in [-0.05, 0) is 43.5 Å². The summed E-state index contributed by atoms with van der Waals surface area (Å²) in [5, 5.41) is 0. The molecule has 0 fully saturated rings. The number of alkyl halides is 3. The highest BCUT2D eigenvalue weighted by atomic mass is 32.2. The molecule has 0 spiro atoms. The van der Waals surface area contributed by atoms with E-state index >= 15 is 0 Å². The first-order chi connectivity index (χ1) is 11.7. The molecule has 1 aromatic carbocycles. The SMILES string of the molecule is COC(=O)c1ccc(OCCCCCCOS(=O)(=O)C(F)(F)F)cc1. The number of ether oxygens (including phenoxy) is 2. The number of benzene rings is 1. The van der Waals surface area contributed by atoms with Crippen LogP contribution in [0.3, 0.4) is 0 Å². The van der Waals surface area contributed by atoms with Gasteiger partial charge in [-0.25, -0.2) is 4.79 Å². The van der Waals surface area contributed by atoms with Gasteiger partial charge in [-0.3, -0.25) is 4.18 Å². The molecule has 25 heavy (non-hydrogen) atoms. The van der Waals surface area contributed by atoms with Gasteiger partial charge in [0.15, 0.2) is 0 Å². The number of carbonyl (C=O) groups is 1. The van der Waals surface area contributed by atoms with Crippen molar-refractivity contribution in [3.8, 4) is 5.75 Å². The summed E-state index contributed by atoms with van der Waals surface area (Å²) in [5.41, 5.74) is -4.98. The average Bonchev–Trinajstić information content (AvgIpc) is 2.56. The van der Waals surface area contributed by atoms with E-state index in [4.69, 9.17) is 4.74 Å². The van der Waals surface area contributed by atoms with Gasteiger partial charge in [0.25, 0.3) is 0 Å². The van der Waals surface area contributed by atoms with Crippen LogP contribution in [0.15, 0.2) is 24.3 Å². The highest BCUT2D eigenvalue weighted by Gasteiger charge is 2.47. The molecule has 0 aliphatic rings. The summed E-state index contributed by atoms with van der Waals surface area (Å²) in [5.74, 6) is 0.133. The molecule has 0 aromatic heterocycles. The number of unbranched alkanes of at least 4 members (excludes halogenated alkanes) is 3. The van der Waals surface area contributed by atoms with E-state index in [0.29, 0.717) is 37.2 Å². The molecule has 0 unspecified atom stereocenters. The van der Waals surface area contributed by atoms with E-state index in [0.717, 1.165) is 0 Å². The minimum atomic E-state index is -5.50. The van der Waals surface area contributed by atoms with Crippen molar-refractivity contribution < 1.29 is 40.0 Å². The first kappa shape index (κ1) is 21.2. The van der Waals surface area contributed by atoms with Gasteiger partial charge in [-0.2, -0.15) is 21.6 Å². The van der Waals surface area contributed by atoms with Gasteiger partial charge in [-0.1, -0.05) is 6.42 Å². The second-order valence-electron chi connectivity index (χ2n) is 5.00. The van der Waals surface area contributed by atoms with E-state index in [1.165, 1.54) is 7.11 Å². The monoisotopic (exact) mass is 384 g/mol. The maximum atomic E-state index is 12.0. The fourth-order valence-electron chi connectivity index (χ4n) is 1.79. The third-order valence-corrected chi connectivity index (χ3v) is 4.15. The highest BCUT2D eigenvalue weighted by molar-refractivity contribution is 7.87. The number of halogens is 3. The number of hydrogen-bond acceptors (Lipinski definition) is 6. The maximum absolute atomic E-state index is 12.0. The molecule has 1 rings (SSSR count). The molecule has 6 nitrogen and oxygen atoms in total. The van der Waals surface area contributed by atoms with Gasteiger partial charge in [0.1, 0.15) is 5.75 Å². The van der Waals surface area contributed by atoms with Crippen LogP contribution in [0.5, 0.6) is 5.75 Å². The van der Waals surface area contributed by atoms with Crippen molar-refractivity contribution >= 4 is 16.1 Å². The van der Waals surface area contributed by atoms with Gasteiger partial charge in [0.05, 0.1) is 25.9 Å². The molecule has 0 aliphatic carbocycles. The standard InChI is InChI=1S/C15H19F3O6S/c1-22-14(19)12-6-8-13(9-7-12)23-10-4-2-3-5-11-24-25(20,21)15(16,17)18/h6-9H,2-5,10-11H2,1H3. The average molecular weight is 384 g/mol. The third-order valence-electron chi connectivity index (χ3n) is 3.10. The quantitative estimate of drug-likeness (QED) is 0.267. The van der Waals surface area contributed by atoms with Crippen LogP contribution in [0.2, 0.25) is 0 Å². The summed E-state index contributed by atoms with van der Waals surface area (Å²) in [7, 11) is -4.21. The van der Waals surface area contributed by atoms with Crippen LogP contribution in [0.4, 0.5) is 13.2 Å². The number of methoxy groups -OCH3 is 1. The Bertz CT molecular complexity index is 640. The Morgan fingerprint density at radius 1 is 1.00 bits per heavy atom. The van der Waals surface area contributed by atoms with Crippen molar-refractivity contribution in [1.82, 2.24) is 0 Å². The Kier molecular flexibility index (Phi) is 8.17. The van der Waals surface area contributed by atoms with E-state index in [1.807, 2.05) is 0 Å². The fraction of sp³-hybridized carbons (Fsp3) is 0.533. The molecule has 0 atom stereocenters. The van der Waals surface area contributed by atoms with Crippen molar-refractivity contribution in [2.45, 2.75) is 31.2 Å². The van der Waals surface area contributed by atoms with E-state index in [2.05, 4.69) is 8.92 Å². The van der Waals surface area contributed by atoms with Gasteiger partial charge in [0, 0.05) is 0 Å². The lowest BCUT2D eigenvalue weighted by atomic mass is 10.2. The third kappa shape index (κ3) is 7.30. The zero-order valence-electron chi connectivity index (χ0n) is 13.5. The van der Waals surface area contributed by atoms with Crippen molar-refractivity contribution in [2.75, 3.05) is 20.3 Å². The largest absolute Gasteiger partial charge is 0.523 e. The summed E-state index contributed by atoms with van der Waals surface area (Å²) in [6.45, 7) is -0.114. The van der Waals surface area contributed by atoms with Gasteiger partial charge < -0.3 is 9.47 Å². The summed E-state index contributed by atoms with van der Waals surface area (Å²) in [6, 6.07) is 6.39. The minimum absolute atomic E-state index is 0.198.